The summed E-state index contributed by atoms with van der Waals surface area (Å²) in [5, 5.41) is 3.59. The maximum Gasteiger partial charge on any atom is 0.441 e. The summed E-state index contributed by atoms with van der Waals surface area (Å²) < 4.78 is 36.1. The number of nitrogens with one attached hydrogen (secondary N) is 2. The maximum absolute atomic E-state index is 12.0. The Bertz CT molecular complexity index is 590. The lowest BCUT2D eigenvalue weighted by Crippen LogP contribution is -2.14. The van der Waals surface area contributed by atoms with E-state index >= 15 is 0 Å². The summed E-state index contributed by atoms with van der Waals surface area (Å²) in [6, 6.07) is 7.16. The Kier molecular flexibility index (Phi) is 4.50. The SMILES string of the molecule is NNc1nc(NCCSC(F)(F)F)c2ccccc2n1. The number of hydrogen-bond donors (Lipinski definition) is 3. The molecule has 1 aromatic carbocycles. The van der Waals surface area contributed by atoms with Crippen LogP contribution in [0.15, 0.2) is 24.3 Å². The van der Waals surface area contributed by atoms with Gasteiger partial charge in [-0.1, -0.05) is 12.1 Å². The van der Waals surface area contributed by atoms with Crippen molar-refractivity contribution >= 4 is 34.4 Å². The minimum absolute atomic E-state index is 0.0781. The van der Waals surface area contributed by atoms with Crippen LogP contribution in [0.2, 0.25) is 0 Å². The van der Waals surface area contributed by atoms with E-state index < -0.39 is 5.51 Å². The van der Waals surface area contributed by atoms with Gasteiger partial charge in [-0.15, -0.1) is 0 Å². The molecule has 9 heteroatoms. The number of halogens is 3. The Morgan fingerprint density at radius 2 is 1.95 bits per heavy atom. The van der Waals surface area contributed by atoms with Gasteiger partial charge < -0.3 is 5.32 Å². The predicted molar refractivity (Wildman–Crippen MR) is 74.4 cm³/mol. The number of hydrazine groups is 1. The van der Waals surface area contributed by atoms with Crippen LogP contribution in [0.3, 0.4) is 0 Å². The van der Waals surface area contributed by atoms with Crippen molar-refractivity contribution in [3.05, 3.63) is 24.3 Å². The minimum atomic E-state index is -4.22. The van der Waals surface area contributed by atoms with E-state index in [0.29, 0.717) is 11.3 Å². The average Bonchev–Trinajstić information content (AvgIpc) is 2.42. The summed E-state index contributed by atoms with van der Waals surface area (Å²) in [6.45, 7) is 0.134. The highest BCUT2D eigenvalue weighted by Crippen LogP contribution is 2.30. The molecular formula is C11H12F3N5S. The van der Waals surface area contributed by atoms with E-state index in [1.165, 1.54) is 0 Å². The maximum atomic E-state index is 12.0. The minimum Gasteiger partial charge on any atom is -0.369 e. The molecule has 1 heterocycles. The third-order valence-corrected chi connectivity index (χ3v) is 3.13. The van der Waals surface area contributed by atoms with Gasteiger partial charge in [-0.3, -0.25) is 5.43 Å². The predicted octanol–water partition coefficient (Wildman–Crippen LogP) is 2.58. The van der Waals surface area contributed by atoms with Crippen LogP contribution >= 0.6 is 11.8 Å². The Morgan fingerprint density at radius 3 is 2.65 bits per heavy atom. The number of anilines is 2. The van der Waals surface area contributed by atoms with Crippen molar-refractivity contribution in [2.45, 2.75) is 5.51 Å². The number of alkyl halides is 3. The fourth-order valence-corrected chi connectivity index (χ4v) is 2.05. The summed E-state index contributed by atoms with van der Waals surface area (Å²) in [4.78, 5) is 8.25. The zero-order valence-electron chi connectivity index (χ0n) is 10.2. The number of benzene rings is 1. The summed E-state index contributed by atoms with van der Waals surface area (Å²) in [5.41, 5.74) is -1.24. The van der Waals surface area contributed by atoms with Gasteiger partial charge in [0.2, 0.25) is 5.95 Å². The molecule has 0 atom stereocenters. The largest absolute Gasteiger partial charge is 0.441 e. The first-order valence-electron chi connectivity index (χ1n) is 5.67. The number of thioether (sulfide) groups is 1. The molecule has 0 aliphatic heterocycles. The number of hydrogen-bond acceptors (Lipinski definition) is 6. The lowest BCUT2D eigenvalue weighted by atomic mass is 10.2. The van der Waals surface area contributed by atoms with Crippen LogP contribution in [0.4, 0.5) is 24.9 Å². The van der Waals surface area contributed by atoms with Crippen LogP contribution in [0, 0.1) is 0 Å². The van der Waals surface area contributed by atoms with Crippen molar-refractivity contribution in [1.29, 1.82) is 0 Å². The molecule has 0 spiro atoms. The Balaban J connectivity index is 2.12. The number of para-hydroxylation sites is 1. The van der Waals surface area contributed by atoms with Crippen LogP contribution in [-0.2, 0) is 0 Å². The Morgan fingerprint density at radius 1 is 1.20 bits per heavy atom. The van der Waals surface area contributed by atoms with Crippen LogP contribution in [0.5, 0.6) is 0 Å². The summed E-state index contributed by atoms with van der Waals surface area (Å²) >= 11 is -0.0781. The monoisotopic (exact) mass is 303 g/mol. The van der Waals surface area contributed by atoms with Crippen molar-refractivity contribution in [2.75, 3.05) is 23.0 Å². The molecule has 0 saturated carbocycles. The van der Waals surface area contributed by atoms with E-state index in [1.54, 1.807) is 24.3 Å². The van der Waals surface area contributed by atoms with Crippen LogP contribution in [0.25, 0.3) is 10.9 Å². The zero-order chi connectivity index (χ0) is 14.6. The molecule has 2 aromatic rings. The molecule has 0 unspecified atom stereocenters. The van der Waals surface area contributed by atoms with Crippen molar-refractivity contribution in [2.24, 2.45) is 5.84 Å². The molecule has 0 aliphatic rings. The van der Waals surface area contributed by atoms with E-state index in [2.05, 4.69) is 20.7 Å². The quantitative estimate of drug-likeness (QED) is 0.448. The second kappa shape index (κ2) is 6.14. The number of fused-ring (bicyclic) bond motifs is 1. The molecule has 108 valence electrons. The second-order valence-electron chi connectivity index (χ2n) is 3.78. The lowest BCUT2D eigenvalue weighted by Gasteiger charge is -2.11. The zero-order valence-corrected chi connectivity index (χ0v) is 11.1. The third kappa shape index (κ3) is 3.87. The summed E-state index contributed by atoms with van der Waals surface area (Å²) in [5.74, 6) is 5.82. The first-order valence-corrected chi connectivity index (χ1v) is 6.66. The first-order chi connectivity index (χ1) is 9.49. The molecule has 1 aromatic heterocycles. The summed E-state index contributed by atoms with van der Waals surface area (Å²) in [7, 11) is 0. The van der Waals surface area contributed by atoms with Crippen LogP contribution in [0.1, 0.15) is 0 Å². The molecular weight excluding hydrogens is 291 g/mol. The van der Waals surface area contributed by atoms with Gasteiger partial charge in [-0.05, 0) is 23.9 Å². The molecule has 0 radical (unpaired) electrons. The molecule has 0 aliphatic carbocycles. The van der Waals surface area contributed by atoms with Crippen molar-refractivity contribution in [1.82, 2.24) is 9.97 Å². The summed E-state index contributed by atoms with van der Waals surface area (Å²) in [6.07, 6.45) is 0. The van der Waals surface area contributed by atoms with Gasteiger partial charge in [0.1, 0.15) is 5.82 Å². The molecule has 0 saturated heterocycles. The standard InChI is InChI=1S/C11H12F3N5S/c12-11(13,14)20-6-5-16-9-7-3-1-2-4-8(7)17-10(18-9)19-15/h1-4H,5-6,15H2,(H2,16,17,18,19). The lowest BCUT2D eigenvalue weighted by molar-refractivity contribution is -0.0327. The molecule has 0 amide bonds. The van der Waals surface area contributed by atoms with E-state index in [9.17, 15) is 13.2 Å². The number of nitrogens with zero attached hydrogens (tertiary/aromatic N) is 2. The van der Waals surface area contributed by atoms with Crippen LogP contribution < -0.4 is 16.6 Å². The van der Waals surface area contributed by atoms with Gasteiger partial charge in [0.25, 0.3) is 0 Å². The van der Waals surface area contributed by atoms with Gasteiger partial charge in [0.15, 0.2) is 0 Å². The molecule has 0 fully saturated rings. The first kappa shape index (κ1) is 14.7. The van der Waals surface area contributed by atoms with Gasteiger partial charge in [-0.25, -0.2) is 10.8 Å². The van der Waals surface area contributed by atoms with E-state index in [1.807, 2.05) is 0 Å². The highest BCUT2D eigenvalue weighted by atomic mass is 32.2. The topological polar surface area (TPSA) is 75.9 Å². The van der Waals surface area contributed by atoms with E-state index in [4.69, 9.17) is 5.84 Å². The fraction of sp³-hybridized carbons (Fsp3) is 0.273. The Hall–Kier alpha value is -1.74. The van der Waals surface area contributed by atoms with Crippen LogP contribution in [-0.4, -0.2) is 27.8 Å². The van der Waals surface area contributed by atoms with Crippen molar-refractivity contribution in [3.8, 4) is 0 Å². The second-order valence-corrected chi connectivity index (χ2v) is 4.94. The molecule has 20 heavy (non-hydrogen) atoms. The van der Waals surface area contributed by atoms with Crippen molar-refractivity contribution in [3.63, 3.8) is 0 Å². The van der Waals surface area contributed by atoms with Gasteiger partial charge in [0.05, 0.1) is 5.52 Å². The fourth-order valence-electron chi connectivity index (χ4n) is 1.61. The molecule has 5 nitrogen and oxygen atoms in total. The normalized spacial score (nSPS) is 11.6. The Labute approximate surface area is 117 Å². The number of nitrogen functional groups attached to an aromatic ring is 1. The smallest absolute Gasteiger partial charge is 0.369 e. The van der Waals surface area contributed by atoms with E-state index in [-0.39, 0.29) is 30.0 Å². The van der Waals surface area contributed by atoms with Gasteiger partial charge in [0, 0.05) is 17.7 Å². The molecule has 0 bridgehead atoms. The van der Waals surface area contributed by atoms with Crippen molar-refractivity contribution < 1.29 is 13.2 Å². The number of aromatic nitrogens is 2. The average molecular weight is 303 g/mol. The molecule has 4 N–H and O–H groups in total. The highest BCUT2D eigenvalue weighted by Gasteiger charge is 2.27. The molecule has 2 rings (SSSR count). The van der Waals surface area contributed by atoms with E-state index in [0.717, 1.165) is 5.39 Å². The number of nitrogens with two attached hydrogens (primary N) is 1. The third-order valence-electron chi connectivity index (χ3n) is 2.39. The van der Waals surface area contributed by atoms with Gasteiger partial charge in [-0.2, -0.15) is 18.2 Å². The highest BCUT2D eigenvalue weighted by molar-refractivity contribution is 8.00. The van der Waals surface area contributed by atoms with Gasteiger partial charge >= 0.3 is 5.51 Å². The number of rotatable bonds is 5.